The first-order chi connectivity index (χ1) is 7.29. The van der Waals surface area contributed by atoms with Gasteiger partial charge < -0.3 is 4.74 Å². The highest BCUT2D eigenvalue weighted by molar-refractivity contribution is 5.05. The fourth-order valence-corrected chi connectivity index (χ4v) is 2.46. The van der Waals surface area contributed by atoms with Crippen molar-refractivity contribution in [1.29, 1.82) is 0 Å². The van der Waals surface area contributed by atoms with Gasteiger partial charge in [0.2, 0.25) is 5.88 Å². The first-order valence-corrected chi connectivity index (χ1v) is 5.72. The third-order valence-electron chi connectivity index (χ3n) is 3.37. The molecule has 1 aliphatic rings. The normalized spacial score (nSPS) is 30.4. The Morgan fingerprint density at radius 3 is 2.93 bits per heavy atom. The molecule has 1 aliphatic carbocycles. The maximum Gasteiger partial charge on any atom is 0.216 e. The second-order valence-corrected chi connectivity index (χ2v) is 4.40. The van der Waals surface area contributed by atoms with Crippen LogP contribution in [0.5, 0.6) is 5.88 Å². The zero-order valence-electron chi connectivity index (χ0n) is 9.39. The third-order valence-corrected chi connectivity index (χ3v) is 3.37. The van der Waals surface area contributed by atoms with E-state index in [2.05, 4.69) is 23.8 Å². The predicted octanol–water partition coefficient (Wildman–Crippen LogP) is 2.68. The molecule has 1 heterocycles. The van der Waals surface area contributed by atoms with E-state index < -0.39 is 0 Å². The molecule has 82 valence electrons. The zero-order chi connectivity index (χ0) is 10.7. The zero-order valence-corrected chi connectivity index (χ0v) is 9.39. The van der Waals surface area contributed by atoms with E-state index in [1.165, 1.54) is 19.2 Å². The van der Waals surface area contributed by atoms with Gasteiger partial charge in [0.15, 0.2) is 0 Å². The van der Waals surface area contributed by atoms with Crippen LogP contribution in [0.15, 0.2) is 18.6 Å². The van der Waals surface area contributed by atoms with E-state index in [9.17, 15) is 0 Å². The molecule has 1 aromatic heterocycles. The fraction of sp³-hybridized carbons (Fsp3) is 0.667. The molecule has 3 nitrogen and oxygen atoms in total. The van der Waals surface area contributed by atoms with Gasteiger partial charge in [0.1, 0.15) is 12.4 Å². The minimum atomic E-state index is 0.347. The molecule has 2 rings (SSSR count). The molecule has 0 spiro atoms. The van der Waals surface area contributed by atoms with Crippen LogP contribution >= 0.6 is 0 Å². The molecule has 3 atom stereocenters. The summed E-state index contributed by atoms with van der Waals surface area (Å²) in [5.41, 5.74) is 0. The molecule has 0 radical (unpaired) electrons. The van der Waals surface area contributed by atoms with Gasteiger partial charge in [-0.25, -0.2) is 9.97 Å². The lowest BCUT2D eigenvalue weighted by molar-refractivity contribution is 0.193. The van der Waals surface area contributed by atoms with Crippen LogP contribution < -0.4 is 4.74 Å². The van der Waals surface area contributed by atoms with Crippen molar-refractivity contribution < 1.29 is 4.74 Å². The summed E-state index contributed by atoms with van der Waals surface area (Å²) in [5.74, 6) is 2.30. The van der Waals surface area contributed by atoms with Crippen LogP contribution in [0, 0.1) is 11.8 Å². The minimum absolute atomic E-state index is 0.347. The maximum atomic E-state index is 5.83. The van der Waals surface area contributed by atoms with Crippen molar-refractivity contribution in [1.82, 2.24) is 9.97 Å². The Balaban J connectivity index is 1.92. The van der Waals surface area contributed by atoms with Gasteiger partial charge in [0, 0.05) is 12.3 Å². The largest absolute Gasteiger partial charge is 0.474 e. The molecule has 0 unspecified atom stereocenters. The van der Waals surface area contributed by atoms with Crippen LogP contribution in [-0.4, -0.2) is 16.1 Å². The molecule has 0 amide bonds. The summed E-state index contributed by atoms with van der Waals surface area (Å²) in [6, 6.07) is 1.82. The van der Waals surface area contributed by atoms with Gasteiger partial charge in [-0.15, -0.1) is 0 Å². The lowest BCUT2D eigenvalue weighted by Crippen LogP contribution is -2.13. The molecule has 3 heteroatoms. The Hall–Kier alpha value is -1.12. The van der Waals surface area contributed by atoms with Crippen molar-refractivity contribution in [2.45, 2.75) is 39.2 Å². The average molecular weight is 206 g/mol. The second kappa shape index (κ2) is 4.60. The quantitative estimate of drug-likeness (QED) is 0.762. The van der Waals surface area contributed by atoms with Gasteiger partial charge in [-0.3, -0.25) is 0 Å². The van der Waals surface area contributed by atoms with Crippen molar-refractivity contribution in [3.05, 3.63) is 18.6 Å². The molecule has 1 saturated carbocycles. The van der Waals surface area contributed by atoms with Crippen LogP contribution in [0.2, 0.25) is 0 Å². The summed E-state index contributed by atoms with van der Waals surface area (Å²) in [4.78, 5) is 7.96. The standard InChI is InChI=1S/C12H18N2O/c1-3-10-7-11(6-9(10)2)15-12-4-5-13-8-14-12/h4-5,8-11H,3,6-7H2,1-2H3/t9-,10-,11-/m0/s1. The van der Waals surface area contributed by atoms with Gasteiger partial charge >= 0.3 is 0 Å². The molecule has 0 bridgehead atoms. The van der Waals surface area contributed by atoms with E-state index in [0.29, 0.717) is 12.0 Å². The van der Waals surface area contributed by atoms with Gasteiger partial charge in [-0.05, 0) is 24.7 Å². The molecule has 0 N–H and O–H groups in total. The number of hydrogen-bond acceptors (Lipinski definition) is 3. The molecule has 1 fully saturated rings. The molecule has 0 saturated heterocycles. The second-order valence-electron chi connectivity index (χ2n) is 4.40. The Morgan fingerprint density at radius 2 is 2.33 bits per heavy atom. The SMILES string of the molecule is CC[C@H]1C[C@@H](Oc2ccncn2)C[C@@H]1C. The highest BCUT2D eigenvalue weighted by Gasteiger charge is 2.31. The molecular formula is C12H18N2O. The first-order valence-electron chi connectivity index (χ1n) is 5.72. The summed E-state index contributed by atoms with van der Waals surface area (Å²) in [5, 5.41) is 0. The average Bonchev–Trinajstić information content (AvgIpc) is 2.60. The molecular weight excluding hydrogens is 188 g/mol. The number of aromatic nitrogens is 2. The number of ether oxygens (including phenoxy) is 1. The van der Waals surface area contributed by atoms with Crippen molar-refractivity contribution in [2.75, 3.05) is 0 Å². The Bertz CT molecular complexity index is 302. The number of hydrogen-bond donors (Lipinski definition) is 0. The topological polar surface area (TPSA) is 35.0 Å². The molecule has 0 aliphatic heterocycles. The summed E-state index contributed by atoms with van der Waals surface area (Å²) in [7, 11) is 0. The number of nitrogens with zero attached hydrogens (tertiary/aromatic N) is 2. The molecule has 15 heavy (non-hydrogen) atoms. The van der Waals surface area contributed by atoms with Crippen molar-refractivity contribution in [2.24, 2.45) is 11.8 Å². The van der Waals surface area contributed by atoms with Gasteiger partial charge in [0.05, 0.1) is 0 Å². The maximum absolute atomic E-state index is 5.83. The van der Waals surface area contributed by atoms with Gasteiger partial charge in [0.25, 0.3) is 0 Å². The van der Waals surface area contributed by atoms with Crippen LogP contribution in [0.25, 0.3) is 0 Å². The minimum Gasteiger partial charge on any atom is -0.474 e. The van der Waals surface area contributed by atoms with Crippen molar-refractivity contribution >= 4 is 0 Å². The summed E-state index contributed by atoms with van der Waals surface area (Å²) < 4.78 is 5.83. The highest BCUT2D eigenvalue weighted by atomic mass is 16.5. The Morgan fingerprint density at radius 1 is 1.47 bits per heavy atom. The highest BCUT2D eigenvalue weighted by Crippen LogP contribution is 2.35. The number of rotatable bonds is 3. The van der Waals surface area contributed by atoms with Crippen LogP contribution in [0.1, 0.15) is 33.1 Å². The summed E-state index contributed by atoms with van der Waals surface area (Å²) >= 11 is 0. The first kappa shape index (κ1) is 10.4. The fourth-order valence-electron chi connectivity index (χ4n) is 2.46. The van der Waals surface area contributed by atoms with Crippen LogP contribution in [0.4, 0.5) is 0 Å². The smallest absolute Gasteiger partial charge is 0.216 e. The lowest BCUT2D eigenvalue weighted by Gasteiger charge is -2.12. The van der Waals surface area contributed by atoms with Gasteiger partial charge in [-0.1, -0.05) is 20.3 Å². The summed E-state index contributed by atoms with van der Waals surface area (Å²) in [6.07, 6.45) is 7.18. The van der Waals surface area contributed by atoms with E-state index in [1.54, 1.807) is 6.20 Å². The summed E-state index contributed by atoms with van der Waals surface area (Å²) in [6.45, 7) is 4.58. The van der Waals surface area contributed by atoms with Crippen LogP contribution in [-0.2, 0) is 0 Å². The van der Waals surface area contributed by atoms with Gasteiger partial charge in [-0.2, -0.15) is 0 Å². The van der Waals surface area contributed by atoms with Crippen LogP contribution in [0.3, 0.4) is 0 Å². The Kier molecular flexibility index (Phi) is 3.19. The molecule has 0 aromatic carbocycles. The van der Waals surface area contributed by atoms with E-state index >= 15 is 0 Å². The Labute approximate surface area is 90.9 Å². The van der Waals surface area contributed by atoms with Crippen molar-refractivity contribution in [3.8, 4) is 5.88 Å². The van der Waals surface area contributed by atoms with E-state index in [1.807, 2.05) is 6.07 Å². The predicted molar refractivity (Wildman–Crippen MR) is 58.6 cm³/mol. The third kappa shape index (κ3) is 2.46. The molecule has 1 aromatic rings. The van der Waals surface area contributed by atoms with E-state index in [0.717, 1.165) is 18.3 Å². The lowest BCUT2D eigenvalue weighted by atomic mass is 9.96. The van der Waals surface area contributed by atoms with E-state index in [-0.39, 0.29) is 0 Å². The monoisotopic (exact) mass is 206 g/mol. The van der Waals surface area contributed by atoms with Crippen molar-refractivity contribution in [3.63, 3.8) is 0 Å². The van der Waals surface area contributed by atoms with E-state index in [4.69, 9.17) is 4.74 Å².